The van der Waals surface area contributed by atoms with Crippen LogP contribution in [-0.4, -0.2) is 23.3 Å². The first-order chi connectivity index (χ1) is 7.90. The number of carboxylic acid groups (broad SMARTS) is 1. The molecule has 0 aliphatic rings. The number of rotatable bonds is 3. The predicted octanol–water partition coefficient (Wildman–Crippen LogP) is 2.65. The van der Waals surface area contributed by atoms with Crippen molar-refractivity contribution in [1.29, 1.82) is 0 Å². The van der Waals surface area contributed by atoms with Gasteiger partial charge in [-0.15, -0.1) is 0 Å². The van der Waals surface area contributed by atoms with E-state index in [-0.39, 0.29) is 17.4 Å². The molecule has 1 aromatic rings. The molecular weight excluding hydrogens is 222 g/mol. The summed E-state index contributed by atoms with van der Waals surface area (Å²) in [5, 5.41) is 11.4. The molecule has 0 spiro atoms. The minimum absolute atomic E-state index is 0.0470. The lowest BCUT2D eigenvalue weighted by atomic mass is 10.1. The fraction of sp³-hybridized carbons (Fsp3) is 0.333. The Morgan fingerprint density at radius 2 is 2.00 bits per heavy atom. The molecule has 2 N–H and O–H groups in total. The summed E-state index contributed by atoms with van der Waals surface area (Å²) in [6.07, 6.45) is -0.917. The second-order valence-corrected chi connectivity index (χ2v) is 3.93. The fourth-order valence-electron chi connectivity index (χ4n) is 1.30. The summed E-state index contributed by atoms with van der Waals surface area (Å²) < 4.78 is 4.88. The Morgan fingerprint density at radius 3 is 2.53 bits per heavy atom. The molecule has 0 aliphatic carbocycles. The molecule has 1 aromatic carbocycles. The Hall–Kier alpha value is -2.04. The largest absolute Gasteiger partial charge is 0.478 e. The minimum Gasteiger partial charge on any atom is -0.478 e. The van der Waals surface area contributed by atoms with Gasteiger partial charge in [0.25, 0.3) is 0 Å². The number of hydrogen-bond donors (Lipinski definition) is 2. The summed E-state index contributed by atoms with van der Waals surface area (Å²) in [6.45, 7) is 5.21. The van der Waals surface area contributed by atoms with Crippen LogP contribution in [0.1, 0.15) is 29.8 Å². The topological polar surface area (TPSA) is 75.6 Å². The average Bonchev–Trinajstić information content (AvgIpc) is 2.19. The molecule has 0 atom stereocenters. The van der Waals surface area contributed by atoms with Crippen molar-refractivity contribution in [3.8, 4) is 0 Å². The van der Waals surface area contributed by atoms with Crippen molar-refractivity contribution in [2.75, 3.05) is 5.32 Å². The van der Waals surface area contributed by atoms with Crippen molar-refractivity contribution in [3.05, 3.63) is 29.3 Å². The molecule has 0 heterocycles. The molecular formula is C12H15NO4. The zero-order valence-corrected chi connectivity index (χ0v) is 9.98. The number of hydrogen-bond acceptors (Lipinski definition) is 3. The van der Waals surface area contributed by atoms with Gasteiger partial charge in [-0.2, -0.15) is 0 Å². The summed E-state index contributed by atoms with van der Waals surface area (Å²) in [6, 6.07) is 4.76. The Balaban J connectivity index is 2.91. The second kappa shape index (κ2) is 5.34. The molecule has 1 rings (SSSR count). The average molecular weight is 237 g/mol. The predicted molar refractivity (Wildman–Crippen MR) is 63.4 cm³/mol. The lowest BCUT2D eigenvalue weighted by Crippen LogP contribution is -2.19. The van der Waals surface area contributed by atoms with E-state index in [1.54, 1.807) is 32.9 Å². The van der Waals surface area contributed by atoms with Crippen molar-refractivity contribution >= 4 is 17.7 Å². The third-order valence-corrected chi connectivity index (χ3v) is 1.98. The highest BCUT2D eigenvalue weighted by Crippen LogP contribution is 2.17. The van der Waals surface area contributed by atoms with Gasteiger partial charge in [-0.1, -0.05) is 11.6 Å². The van der Waals surface area contributed by atoms with Gasteiger partial charge in [-0.05, 0) is 32.9 Å². The van der Waals surface area contributed by atoms with Gasteiger partial charge < -0.3 is 9.84 Å². The van der Waals surface area contributed by atoms with E-state index in [2.05, 4.69) is 5.32 Å². The summed E-state index contributed by atoms with van der Waals surface area (Å²) >= 11 is 0. The monoisotopic (exact) mass is 237 g/mol. The smallest absolute Gasteiger partial charge is 0.411 e. The molecule has 1 amide bonds. The quantitative estimate of drug-likeness (QED) is 0.847. The summed E-state index contributed by atoms with van der Waals surface area (Å²) in [4.78, 5) is 22.3. The van der Waals surface area contributed by atoms with Gasteiger partial charge >= 0.3 is 12.1 Å². The molecule has 0 saturated heterocycles. The standard InChI is InChI=1S/C12H15NO4/c1-7(2)17-12(16)13-10-5-4-8(3)6-9(10)11(14)15/h4-7H,1-3H3,(H,13,16)(H,14,15). The van der Waals surface area contributed by atoms with E-state index in [1.165, 1.54) is 6.07 Å². The third-order valence-electron chi connectivity index (χ3n) is 1.98. The molecule has 0 aliphatic heterocycles. The number of ether oxygens (including phenoxy) is 1. The summed E-state index contributed by atoms with van der Waals surface area (Å²) in [5.74, 6) is -1.09. The van der Waals surface area contributed by atoms with Crippen LogP contribution in [0.25, 0.3) is 0 Å². The maximum Gasteiger partial charge on any atom is 0.411 e. The van der Waals surface area contributed by atoms with Gasteiger partial charge in [0.1, 0.15) is 0 Å². The van der Waals surface area contributed by atoms with E-state index in [0.717, 1.165) is 5.56 Å². The molecule has 0 bridgehead atoms. The van der Waals surface area contributed by atoms with Crippen LogP contribution in [0.15, 0.2) is 18.2 Å². The number of carbonyl (C=O) groups excluding carboxylic acids is 1. The van der Waals surface area contributed by atoms with Gasteiger partial charge in [-0.25, -0.2) is 9.59 Å². The molecule has 92 valence electrons. The van der Waals surface area contributed by atoms with Crippen molar-refractivity contribution in [1.82, 2.24) is 0 Å². The number of nitrogens with one attached hydrogen (secondary N) is 1. The first-order valence-corrected chi connectivity index (χ1v) is 5.21. The molecule has 0 saturated carbocycles. The number of anilines is 1. The number of aromatic carboxylic acids is 1. The highest BCUT2D eigenvalue weighted by Gasteiger charge is 2.13. The number of aryl methyl sites for hydroxylation is 1. The molecule has 17 heavy (non-hydrogen) atoms. The van der Waals surface area contributed by atoms with Crippen LogP contribution in [0.3, 0.4) is 0 Å². The first-order valence-electron chi connectivity index (χ1n) is 5.21. The molecule has 0 aromatic heterocycles. The van der Waals surface area contributed by atoms with Crippen LogP contribution >= 0.6 is 0 Å². The summed E-state index contributed by atoms with van der Waals surface area (Å²) in [7, 11) is 0. The van der Waals surface area contributed by atoms with Crippen LogP contribution in [-0.2, 0) is 4.74 Å². The molecule has 0 unspecified atom stereocenters. The minimum atomic E-state index is -1.09. The SMILES string of the molecule is Cc1ccc(NC(=O)OC(C)C)c(C(=O)O)c1. The van der Waals surface area contributed by atoms with Crippen LogP contribution in [0.5, 0.6) is 0 Å². The first kappa shape index (κ1) is 13.0. The highest BCUT2D eigenvalue weighted by atomic mass is 16.6. The Labute approximate surface area is 99.4 Å². The van der Waals surface area contributed by atoms with Gasteiger partial charge in [-0.3, -0.25) is 5.32 Å². The van der Waals surface area contributed by atoms with E-state index in [1.807, 2.05) is 0 Å². The lowest BCUT2D eigenvalue weighted by Gasteiger charge is -2.11. The molecule has 5 heteroatoms. The van der Waals surface area contributed by atoms with Crippen molar-refractivity contribution in [2.24, 2.45) is 0 Å². The van der Waals surface area contributed by atoms with Gasteiger partial charge in [0.15, 0.2) is 0 Å². The third kappa shape index (κ3) is 3.79. The second-order valence-electron chi connectivity index (χ2n) is 3.93. The molecule has 0 radical (unpaired) electrons. The van der Waals surface area contributed by atoms with Crippen molar-refractivity contribution in [2.45, 2.75) is 26.9 Å². The van der Waals surface area contributed by atoms with E-state index in [4.69, 9.17) is 9.84 Å². The van der Waals surface area contributed by atoms with Gasteiger partial charge in [0.2, 0.25) is 0 Å². The normalized spacial score (nSPS) is 10.1. The molecule has 5 nitrogen and oxygen atoms in total. The van der Waals surface area contributed by atoms with Crippen LogP contribution in [0.2, 0.25) is 0 Å². The fourth-order valence-corrected chi connectivity index (χ4v) is 1.30. The van der Waals surface area contributed by atoms with E-state index in [9.17, 15) is 9.59 Å². The summed E-state index contributed by atoms with van der Waals surface area (Å²) in [5.41, 5.74) is 1.09. The molecule has 0 fully saturated rings. The number of carbonyl (C=O) groups is 2. The van der Waals surface area contributed by atoms with Gasteiger partial charge in [0, 0.05) is 0 Å². The highest BCUT2D eigenvalue weighted by molar-refractivity contribution is 5.98. The van der Waals surface area contributed by atoms with E-state index < -0.39 is 12.1 Å². The lowest BCUT2D eigenvalue weighted by molar-refractivity contribution is 0.0698. The Bertz CT molecular complexity index is 440. The Kier molecular flexibility index (Phi) is 4.09. The number of carboxylic acids is 1. The number of amides is 1. The van der Waals surface area contributed by atoms with Crippen molar-refractivity contribution < 1.29 is 19.4 Å². The maximum atomic E-state index is 11.4. The van der Waals surface area contributed by atoms with Crippen LogP contribution in [0, 0.1) is 6.92 Å². The van der Waals surface area contributed by atoms with Crippen LogP contribution in [0.4, 0.5) is 10.5 Å². The number of benzene rings is 1. The maximum absolute atomic E-state index is 11.4. The zero-order valence-electron chi connectivity index (χ0n) is 9.98. The van der Waals surface area contributed by atoms with Crippen molar-refractivity contribution in [3.63, 3.8) is 0 Å². The zero-order chi connectivity index (χ0) is 13.0. The van der Waals surface area contributed by atoms with Gasteiger partial charge in [0.05, 0.1) is 17.4 Å². The Morgan fingerprint density at radius 1 is 1.35 bits per heavy atom. The van der Waals surface area contributed by atoms with Crippen LogP contribution < -0.4 is 5.32 Å². The van der Waals surface area contributed by atoms with E-state index >= 15 is 0 Å². The van der Waals surface area contributed by atoms with E-state index in [0.29, 0.717) is 0 Å².